The molecule has 0 saturated carbocycles. The van der Waals surface area contributed by atoms with Crippen LogP contribution in [0, 0.1) is 0 Å². The first-order valence-electron chi connectivity index (χ1n) is 7.43. The molecule has 1 fully saturated rings. The maximum Gasteiger partial charge on any atom is 0.292 e. The standard InChI is InChI=1S/C9H10ClN.C5H10N2O.C2H4O2/c1-11-5-7-3-2-4-9(10)8(7)6-11;6-5(8)4-2-1-3-7-4;1-4-2-3/h2-4H,5-6H2,1H3;4,7H,1-3H2,(H2,6,8);2H,1H3. The fourth-order valence-electron chi connectivity index (χ4n) is 2.47. The van der Waals surface area contributed by atoms with E-state index in [1.165, 1.54) is 18.2 Å². The minimum atomic E-state index is -0.220. The summed E-state index contributed by atoms with van der Waals surface area (Å²) < 4.78 is 3.86. The van der Waals surface area contributed by atoms with E-state index in [4.69, 9.17) is 22.1 Å². The number of amides is 1. The highest BCUT2D eigenvalue weighted by atomic mass is 35.5. The molecule has 0 bridgehead atoms. The molecule has 1 aromatic rings. The summed E-state index contributed by atoms with van der Waals surface area (Å²) in [5, 5.41) is 3.89. The van der Waals surface area contributed by atoms with Gasteiger partial charge in [-0.1, -0.05) is 23.7 Å². The van der Waals surface area contributed by atoms with Gasteiger partial charge in [0, 0.05) is 18.1 Å². The number of hydrogen-bond donors (Lipinski definition) is 2. The maximum atomic E-state index is 10.4. The number of nitrogens with two attached hydrogens (primary N) is 1. The average Bonchev–Trinajstić information content (AvgIpc) is 3.17. The molecule has 2 aliphatic rings. The van der Waals surface area contributed by atoms with Gasteiger partial charge in [0.25, 0.3) is 6.47 Å². The zero-order chi connectivity index (χ0) is 17.2. The van der Waals surface area contributed by atoms with Crippen LogP contribution >= 0.6 is 11.6 Å². The van der Waals surface area contributed by atoms with Gasteiger partial charge in [-0.15, -0.1) is 0 Å². The molecule has 0 spiro atoms. The number of nitrogens with one attached hydrogen (secondary N) is 1. The predicted octanol–water partition coefficient (Wildman–Crippen LogP) is 1.30. The van der Waals surface area contributed by atoms with E-state index in [1.807, 2.05) is 12.1 Å². The summed E-state index contributed by atoms with van der Waals surface area (Å²) in [6.45, 7) is 3.35. The lowest BCUT2D eigenvalue weighted by atomic mass is 10.1. The van der Waals surface area contributed by atoms with E-state index in [9.17, 15) is 4.79 Å². The van der Waals surface area contributed by atoms with Crippen molar-refractivity contribution in [2.45, 2.75) is 32.0 Å². The van der Waals surface area contributed by atoms with Crippen LogP contribution in [-0.4, -0.2) is 44.0 Å². The Labute approximate surface area is 141 Å². The normalized spacial score (nSPS) is 18.8. The van der Waals surface area contributed by atoms with Crippen molar-refractivity contribution in [1.82, 2.24) is 10.2 Å². The number of hydrogen-bond acceptors (Lipinski definition) is 5. The molecule has 1 atom stereocenters. The fraction of sp³-hybridized carbons (Fsp3) is 0.500. The van der Waals surface area contributed by atoms with Crippen molar-refractivity contribution < 1.29 is 14.3 Å². The highest BCUT2D eigenvalue weighted by Gasteiger charge is 2.18. The van der Waals surface area contributed by atoms with Gasteiger partial charge in [0.15, 0.2) is 0 Å². The molecule has 1 amide bonds. The zero-order valence-electron chi connectivity index (χ0n) is 13.5. The van der Waals surface area contributed by atoms with Crippen LogP contribution in [0.3, 0.4) is 0 Å². The summed E-state index contributed by atoms with van der Waals surface area (Å²) >= 11 is 6.01. The van der Waals surface area contributed by atoms with Crippen molar-refractivity contribution >= 4 is 24.0 Å². The van der Waals surface area contributed by atoms with Gasteiger partial charge in [0.2, 0.25) is 5.91 Å². The van der Waals surface area contributed by atoms with Gasteiger partial charge in [-0.3, -0.25) is 14.5 Å². The lowest BCUT2D eigenvalue weighted by molar-refractivity contribution is -0.126. The first-order valence-corrected chi connectivity index (χ1v) is 7.81. The van der Waals surface area contributed by atoms with Crippen molar-refractivity contribution in [1.29, 1.82) is 0 Å². The summed E-state index contributed by atoms with van der Waals surface area (Å²) in [6, 6.07) is 6.07. The topological polar surface area (TPSA) is 84.7 Å². The number of nitrogens with zero attached hydrogens (tertiary/aromatic N) is 1. The Morgan fingerprint density at radius 2 is 2.17 bits per heavy atom. The molecule has 0 aliphatic carbocycles. The summed E-state index contributed by atoms with van der Waals surface area (Å²) in [5.74, 6) is -0.220. The first kappa shape index (κ1) is 19.4. The molecule has 0 aromatic heterocycles. The van der Waals surface area contributed by atoms with Crippen molar-refractivity contribution in [3.8, 4) is 0 Å². The van der Waals surface area contributed by atoms with Crippen molar-refractivity contribution in [2.24, 2.45) is 5.73 Å². The molecule has 1 saturated heterocycles. The van der Waals surface area contributed by atoms with Crippen LogP contribution in [0.1, 0.15) is 24.0 Å². The Balaban J connectivity index is 0.000000194. The molecule has 6 nitrogen and oxygen atoms in total. The van der Waals surface area contributed by atoms with E-state index in [0.717, 1.165) is 37.5 Å². The molecule has 1 unspecified atom stereocenters. The Kier molecular flexibility index (Phi) is 8.61. The maximum absolute atomic E-state index is 10.4. The Hall–Kier alpha value is -1.63. The molecule has 3 rings (SSSR count). The third kappa shape index (κ3) is 6.56. The van der Waals surface area contributed by atoms with Crippen LogP contribution in [0.2, 0.25) is 5.02 Å². The van der Waals surface area contributed by atoms with E-state index in [-0.39, 0.29) is 11.9 Å². The number of halogens is 1. The SMILES string of the molecule is CN1Cc2cccc(Cl)c2C1.COC=O.NC(=O)C1CCCN1. The fourth-order valence-corrected chi connectivity index (χ4v) is 2.73. The lowest BCUT2D eigenvalue weighted by Crippen LogP contribution is -2.36. The quantitative estimate of drug-likeness (QED) is 0.792. The zero-order valence-corrected chi connectivity index (χ0v) is 14.3. The Morgan fingerprint density at radius 1 is 1.48 bits per heavy atom. The van der Waals surface area contributed by atoms with Crippen molar-refractivity contribution in [2.75, 3.05) is 20.7 Å². The molecule has 2 aliphatic heterocycles. The number of carbonyl (C=O) groups excluding carboxylic acids is 2. The second kappa shape index (κ2) is 10.2. The highest BCUT2D eigenvalue weighted by Crippen LogP contribution is 2.27. The molecular formula is C16H24ClN3O3. The van der Waals surface area contributed by atoms with Crippen molar-refractivity contribution in [3.05, 3.63) is 34.3 Å². The molecule has 23 heavy (non-hydrogen) atoms. The molecular weight excluding hydrogens is 318 g/mol. The predicted molar refractivity (Wildman–Crippen MR) is 89.9 cm³/mol. The van der Waals surface area contributed by atoms with Gasteiger partial charge in [-0.2, -0.15) is 0 Å². The van der Waals surface area contributed by atoms with Crippen LogP contribution in [0.5, 0.6) is 0 Å². The highest BCUT2D eigenvalue weighted by molar-refractivity contribution is 6.31. The summed E-state index contributed by atoms with van der Waals surface area (Å²) in [6.07, 6.45) is 1.99. The number of fused-ring (bicyclic) bond motifs is 1. The van der Waals surface area contributed by atoms with Gasteiger partial charge in [0.1, 0.15) is 0 Å². The van der Waals surface area contributed by atoms with Crippen LogP contribution in [0.15, 0.2) is 18.2 Å². The summed E-state index contributed by atoms with van der Waals surface area (Å²) in [5.41, 5.74) is 7.67. The van der Waals surface area contributed by atoms with E-state index in [0.29, 0.717) is 6.47 Å². The van der Waals surface area contributed by atoms with E-state index in [2.05, 4.69) is 28.1 Å². The molecule has 0 radical (unpaired) electrons. The van der Waals surface area contributed by atoms with Gasteiger partial charge < -0.3 is 15.8 Å². The number of primary amides is 1. The molecule has 1 aromatic carbocycles. The third-order valence-electron chi connectivity index (χ3n) is 3.58. The third-order valence-corrected chi connectivity index (χ3v) is 3.94. The smallest absolute Gasteiger partial charge is 0.292 e. The molecule has 2 heterocycles. The van der Waals surface area contributed by atoms with Crippen LogP contribution in [0.4, 0.5) is 0 Å². The monoisotopic (exact) mass is 341 g/mol. The Bertz CT molecular complexity index is 519. The number of methoxy groups -OCH3 is 1. The molecule has 128 valence electrons. The first-order chi connectivity index (χ1) is 11.0. The van der Waals surface area contributed by atoms with Gasteiger partial charge >= 0.3 is 0 Å². The van der Waals surface area contributed by atoms with Gasteiger partial charge in [-0.25, -0.2) is 0 Å². The van der Waals surface area contributed by atoms with E-state index in [1.54, 1.807) is 0 Å². The van der Waals surface area contributed by atoms with E-state index < -0.39 is 0 Å². The minimum Gasteiger partial charge on any atom is -0.471 e. The second-order valence-corrected chi connectivity index (χ2v) is 5.84. The van der Waals surface area contributed by atoms with Crippen molar-refractivity contribution in [3.63, 3.8) is 0 Å². The molecule has 3 N–H and O–H groups in total. The second-order valence-electron chi connectivity index (χ2n) is 5.43. The van der Waals surface area contributed by atoms with Crippen LogP contribution < -0.4 is 11.1 Å². The minimum absolute atomic E-state index is 0.0463. The average molecular weight is 342 g/mol. The van der Waals surface area contributed by atoms with Crippen LogP contribution in [0.25, 0.3) is 0 Å². The number of rotatable bonds is 2. The summed E-state index contributed by atoms with van der Waals surface area (Å²) in [7, 11) is 3.42. The van der Waals surface area contributed by atoms with Gasteiger partial charge in [0.05, 0.1) is 13.2 Å². The molecule has 7 heteroatoms. The van der Waals surface area contributed by atoms with E-state index >= 15 is 0 Å². The van der Waals surface area contributed by atoms with Gasteiger partial charge in [-0.05, 0) is 43.6 Å². The number of benzene rings is 1. The lowest BCUT2D eigenvalue weighted by Gasteiger charge is -2.03. The Morgan fingerprint density at radius 3 is 2.61 bits per heavy atom. The summed E-state index contributed by atoms with van der Waals surface area (Å²) in [4.78, 5) is 21.6. The largest absolute Gasteiger partial charge is 0.471 e. The van der Waals surface area contributed by atoms with Crippen LogP contribution in [-0.2, 0) is 27.4 Å². The number of carbonyl (C=O) groups is 2. The number of ether oxygens (including phenoxy) is 1.